The molecule has 23 heavy (non-hydrogen) atoms. The van der Waals surface area contributed by atoms with Gasteiger partial charge in [0.2, 0.25) is 0 Å². The molecule has 2 bridgehead atoms. The molecule has 0 aromatic carbocycles. The second-order valence-corrected chi connectivity index (χ2v) is 6.97. The van der Waals surface area contributed by atoms with Crippen molar-refractivity contribution in [2.45, 2.75) is 44.9 Å². The predicted octanol–water partition coefficient (Wildman–Crippen LogP) is 2.29. The molecule has 1 aromatic heterocycles. The van der Waals surface area contributed by atoms with Crippen molar-refractivity contribution in [3.05, 3.63) is 23.8 Å². The molecule has 0 radical (unpaired) electrons. The Kier molecular flexibility index (Phi) is 3.63. The first-order valence-electron chi connectivity index (χ1n) is 7.60. The largest absolute Gasteiger partial charge is 0.444 e. The summed E-state index contributed by atoms with van der Waals surface area (Å²) in [5.41, 5.74) is -0.0557. The summed E-state index contributed by atoms with van der Waals surface area (Å²) in [6, 6.07) is 3.33. The van der Waals surface area contributed by atoms with E-state index in [1.807, 2.05) is 20.8 Å². The second kappa shape index (κ2) is 5.37. The van der Waals surface area contributed by atoms with Crippen LogP contribution in [0, 0.1) is 17.1 Å². The molecule has 0 spiro atoms. The van der Waals surface area contributed by atoms with Crippen LogP contribution in [0.3, 0.4) is 0 Å². The van der Waals surface area contributed by atoms with Crippen molar-refractivity contribution in [2.24, 2.45) is 0 Å². The number of hydrogen-bond acceptors (Lipinski definition) is 5. The van der Waals surface area contributed by atoms with E-state index in [2.05, 4.69) is 9.88 Å². The van der Waals surface area contributed by atoms with Crippen LogP contribution in [0.4, 0.5) is 14.9 Å². The first-order chi connectivity index (χ1) is 10.8. The van der Waals surface area contributed by atoms with Crippen LogP contribution < -0.4 is 4.90 Å². The molecule has 0 N–H and O–H groups in total. The third-order valence-electron chi connectivity index (χ3n) is 4.08. The van der Waals surface area contributed by atoms with Crippen LogP contribution in [0.25, 0.3) is 0 Å². The Bertz CT molecular complexity index is 668. The normalized spacial score (nSPS) is 23.1. The Morgan fingerprint density at radius 2 is 2.09 bits per heavy atom. The molecule has 2 atom stereocenters. The van der Waals surface area contributed by atoms with Crippen LogP contribution >= 0.6 is 0 Å². The SMILES string of the molecule is CC(C)(C)OC(=O)N1CC2CC(C1)N2c1cnc(C#N)c(F)c1. The number of rotatable bonds is 1. The molecule has 0 aliphatic carbocycles. The number of nitriles is 1. The molecule has 1 aromatic rings. The van der Waals surface area contributed by atoms with Crippen LogP contribution in [-0.4, -0.2) is 46.8 Å². The van der Waals surface area contributed by atoms with Gasteiger partial charge in [0.15, 0.2) is 11.5 Å². The van der Waals surface area contributed by atoms with Crippen LogP contribution in [-0.2, 0) is 4.74 Å². The molecule has 0 saturated carbocycles. The van der Waals surface area contributed by atoms with Gasteiger partial charge in [0.05, 0.1) is 11.9 Å². The van der Waals surface area contributed by atoms with E-state index >= 15 is 0 Å². The fourth-order valence-electron chi connectivity index (χ4n) is 3.16. The fourth-order valence-corrected chi connectivity index (χ4v) is 3.16. The lowest BCUT2D eigenvalue weighted by Crippen LogP contribution is -2.70. The van der Waals surface area contributed by atoms with Crippen molar-refractivity contribution in [3.63, 3.8) is 0 Å². The number of anilines is 1. The lowest BCUT2D eigenvalue weighted by atomic mass is 9.87. The number of ether oxygens (including phenoxy) is 1. The van der Waals surface area contributed by atoms with E-state index in [9.17, 15) is 9.18 Å². The summed E-state index contributed by atoms with van der Waals surface area (Å²) < 4.78 is 19.1. The van der Waals surface area contributed by atoms with Gasteiger partial charge in [-0.25, -0.2) is 14.2 Å². The quantitative estimate of drug-likeness (QED) is 0.794. The summed E-state index contributed by atoms with van der Waals surface area (Å²) in [5.74, 6) is -0.612. The molecular weight excluding hydrogens is 299 g/mol. The Morgan fingerprint density at radius 3 is 2.61 bits per heavy atom. The highest BCUT2D eigenvalue weighted by molar-refractivity contribution is 5.69. The van der Waals surface area contributed by atoms with Crippen LogP contribution in [0.5, 0.6) is 0 Å². The molecule has 6 nitrogen and oxygen atoms in total. The van der Waals surface area contributed by atoms with E-state index in [0.29, 0.717) is 18.8 Å². The average Bonchev–Trinajstić information content (AvgIpc) is 2.45. The van der Waals surface area contributed by atoms with E-state index < -0.39 is 11.4 Å². The van der Waals surface area contributed by atoms with Crippen molar-refractivity contribution >= 4 is 11.8 Å². The predicted molar refractivity (Wildman–Crippen MR) is 81.4 cm³/mol. The van der Waals surface area contributed by atoms with E-state index in [0.717, 1.165) is 6.42 Å². The second-order valence-electron chi connectivity index (χ2n) is 6.97. The van der Waals surface area contributed by atoms with Gasteiger partial charge in [-0.2, -0.15) is 5.26 Å². The van der Waals surface area contributed by atoms with E-state index in [4.69, 9.17) is 10.00 Å². The number of amides is 1. The maximum absolute atomic E-state index is 13.7. The molecule has 3 aliphatic heterocycles. The lowest BCUT2D eigenvalue weighted by Gasteiger charge is -2.57. The summed E-state index contributed by atoms with van der Waals surface area (Å²) in [6.07, 6.45) is 2.17. The van der Waals surface area contributed by atoms with Gasteiger partial charge < -0.3 is 14.5 Å². The number of nitrogens with zero attached hydrogens (tertiary/aromatic N) is 4. The van der Waals surface area contributed by atoms with Crippen LogP contribution in [0.2, 0.25) is 0 Å². The molecule has 3 fully saturated rings. The topological polar surface area (TPSA) is 69.5 Å². The van der Waals surface area contributed by atoms with E-state index in [-0.39, 0.29) is 23.9 Å². The monoisotopic (exact) mass is 318 g/mol. The number of pyridine rings is 1. The molecule has 7 heteroatoms. The number of fused-ring (bicyclic) bond motifs is 2. The van der Waals surface area contributed by atoms with Gasteiger partial charge in [-0.1, -0.05) is 0 Å². The van der Waals surface area contributed by atoms with Gasteiger partial charge in [-0.05, 0) is 27.2 Å². The van der Waals surface area contributed by atoms with E-state index in [1.165, 1.54) is 12.3 Å². The number of carbonyl (C=O) groups is 1. The van der Waals surface area contributed by atoms with Gasteiger partial charge in [-0.15, -0.1) is 0 Å². The Morgan fingerprint density at radius 1 is 1.43 bits per heavy atom. The minimum atomic E-state index is -0.612. The van der Waals surface area contributed by atoms with Gasteiger partial charge in [-0.3, -0.25) is 0 Å². The fraction of sp³-hybridized carbons (Fsp3) is 0.562. The molecule has 4 rings (SSSR count). The summed E-state index contributed by atoms with van der Waals surface area (Å²) >= 11 is 0. The zero-order valence-electron chi connectivity index (χ0n) is 13.4. The van der Waals surface area contributed by atoms with Gasteiger partial charge in [0.25, 0.3) is 0 Å². The van der Waals surface area contributed by atoms with Gasteiger partial charge >= 0.3 is 6.09 Å². The minimum absolute atomic E-state index is 0.135. The van der Waals surface area contributed by atoms with Gasteiger partial charge in [0, 0.05) is 31.2 Å². The van der Waals surface area contributed by atoms with Crippen molar-refractivity contribution in [1.29, 1.82) is 5.26 Å². The number of aromatic nitrogens is 1. The minimum Gasteiger partial charge on any atom is -0.444 e. The summed E-state index contributed by atoms with van der Waals surface area (Å²) in [5, 5.41) is 8.74. The van der Waals surface area contributed by atoms with Crippen molar-refractivity contribution < 1.29 is 13.9 Å². The number of piperidine rings is 1. The first kappa shape index (κ1) is 15.5. The molecule has 2 unspecified atom stereocenters. The number of carbonyl (C=O) groups excluding carboxylic acids is 1. The number of halogens is 1. The third kappa shape index (κ3) is 2.93. The number of hydrogen-bond donors (Lipinski definition) is 0. The molecule has 122 valence electrons. The zero-order chi connectivity index (χ0) is 16.8. The average molecular weight is 318 g/mol. The Balaban J connectivity index is 1.69. The van der Waals surface area contributed by atoms with Gasteiger partial charge in [0.1, 0.15) is 11.7 Å². The molecular formula is C16H19FN4O2. The lowest BCUT2D eigenvalue weighted by molar-refractivity contribution is 0.00854. The maximum Gasteiger partial charge on any atom is 0.410 e. The van der Waals surface area contributed by atoms with Crippen molar-refractivity contribution in [2.75, 3.05) is 18.0 Å². The number of piperazine rings is 1. The van der Waals surface area contributed by atoms with Crippen LogP contribution in [0.15, 0.2) is 12.3 Å². The zero-order valence-corrected chi connectivity index (χ0v) is 13.4. The summed E-state index contributed by atoms with van der Waals surface area (Å²) in [6.45, 7) is 6.62. The Hall–Kier alpha value is -2.36. The first-order valence-corrected chi connectivity index (χ1v) is 7.60. The highest BCUT2D eigenvalue weighted by Crippen LogP contribution is 2.37. The van der Waals surface area contributed by atoms with Crippen molar-refractivity contribution in [3.8, 4) is 6.07 Å². The Labute approximate surface area is 134 Å². The smallest absolute Gasteiger partial charge is 0.410 e. The van der Waals surface area contributed by atoms with E-state index in [1.54, 1.807) is 11.0 Å². The molecule has 3 aliphatic rings. The maximum atomic E-state index is 13.7. The molecule has 1 amide bonds. The highest BCUT2D eigenvalue weighted by atomic mass is 19.1. The highest BCUT2D eigenvalue weighted by Gasteiger charge is 2.47. The molecule has 4 heterocycles. The van der Waals surface area contributed by atoms with Crippen LogP contribution in [0.1, 0.15) is 32.9 Å². The summed E-state index contributed by atoms with van der Waals surface area (Å²) in [7, 11) is 0. The standard InChI is InChI=1S/C16H19FN4O2/c1-16(2,3)23-15(22)20-8-11-4-12(9-20)21(11)10-5-13(17)14(6-18)19-7-10/h5,7,11-12H,4,8-9H2,1-3H3. The third-order valence-corrected chi connectivity index (χ3v) is 4.08. The summed E-state index contributed by atoms with van der Waals surface area (Å²) in [4.78, 5) is 19.8. The molecule has 3 saturated heterocycles. The van der Waals surface area contributed by atoms with Crippen molar-refractivity contribution in [1.82, 2.24) is 9.88 Å².